The first-order chi connectivity index (χ1) is 16.5. The van der Waals surface area contributed by atoms with Crippen molar-refractivity contribution in [1.82, 2.24) is 0 Å². The van der Waals surface area contributed by atoms with Gasteiger partial charge in [-0.15, -0.1) is 0 Å². The van der Waals surface area contributed by atoms with Crippen LogP contribution >= 0.6 is 11.6 Å². The Balaban J connectivity index is 1.93. The number of methoxy groups -OCH3 is 1. The molecule has 2 heterocycles. The Morgan fingerprint density at radius 2 is 1.63 bits per heavy atom. The number of anilines is 1. The van der Waals surface area contributed by atoms with Gasteiger partial charge in [-0.2, -0.15) is 0 Å². The molecule has 0 N–H and O–H groups in total. The number of benzene rings is 2. The van der Waals surface area contributed by atoms with Gasteiger partial charge < -0.3 is 14.1 Å². The van der Waals surface area contributed by atoms with Crippen molar-refractivity contribution in [2.45, 2.75) is 77.1 Å². The van der Waals surface area contributed by atoms with Crippen molar-refractivity contribution in [3.63, 3.8) is 0 Å². The monoisotopic (exact) mass is 512 g/mol. The van der Waals surface area contributed by atoms with Crippen molar-refractivity contribution in [1.29, 1.82) is 0 Å². The lowest BCUT2D eigenvalue weighted by molar-refractivity contribution is 0.0622. The number of hydrogen-bond donors (Lipinski definition) is 0. The number of amidine groups is 1. The predicted octanol–water partition coefficient (Wildman–Crippen LogP) is 7.72. The summed E-state index contributed by atoms with van der Waals surface area (Å²) in [4.78, 5) is 21.7. The van der Waals surface area contributed by atoms with Crippen LogP contribution in [0.25, 0.3) is 0 Å². The summed E-state index contributed by atoms with van der Waals surface area (Å²) < 4.78 is 12.7. The number of aliphatic imine (C=N–C) groups is 1. The SMILES string of the molecule is COc1ccc(N2CC[C@@]3(O[Si](C(C)C)(C(C)C)C(C)C)C(=O)c4cc(Cl)c(C)cc4N=C23)cc1. The molecule has 2 aliphatic rings. The van der Waals surface area contributed by atoms with Crippen LogP contribution < -0.4 is 9.64 Å². The van der Waals surface area contributed by atoms with Crippen LogP contribution in [0.4, 0.5) is 11.4 Å². The predicted molar refractivity (Wildman–Crippen MR) is 147 cm³/mol. The van der Waals surface area contributed by atoms with E-state index in [0.29, 0.717) is 51.7 Å². The Morgan fingerprint density at radius 3 is 2.17 bits per heavy atom. The number of Topliss-reactive ketones (excluding diaryl/α,β-unsaturated/α-hetero) is 1. The van der Waals surface area contributed by atoms with Gasteiger partial charge in [-0.05, 0) is 65.5 Å². The lowest BCUT2D eigenvalue weighted by Crippen LogP contribution is -2.61. The van der Waals surface area contributed by atoms with Gasteiger partial charge in [0, 0.05) is 29.2 Å². The highest BCUT2D eigenvalue weighted by Crippen LogP contribution is 2.50. The van der Waals surface area contributed by atoms with Gasteiger partial charge in [0.1, 0.15) is 11.6 Å². The third-order valence-corrected chi connectivity index (χ3v) is 14.4. The molecule has 0 spiro atoms. The number of carbonyl (C=O) groups excluding carboxylic acids is 1. The van der Waals surface area contributed by atoms with Gasteiger partial charge in [0.15, 0.2) is 5.60 Å². The average molecular weight is 513 g/mol. The van der Waals surface area contributed by atoms with Crippen molar-refractivity contribution >= 4 is 42.9 Å². The summed E-state index contributed by atoms with van der Waals surface area (Å²) in [6.45, 7) is 16.1. The van der Waals surface area contributed by atoms with E-state index in [1.165, 1.54) is 0 Å². The van der Waals surface area contributed by atoms with Crippen LogP contribution in [0.2, 0.25) is 21.6 Å². The zero-order valence-corrected chi connectivity index (χ0v) is 23.9. The summed E-state index contributed by atoms with van der Waals surface area (Å²) in [6, 6.07) is 11.6. The molecule has 0 aliphatic carbocycles. The highest BCUT2D eigenvalue weighted by atomic mass is 35.5. The van der Waals surface area contributed by atoms with E-state index < -0.39 is 13.9 Å². The normalized spacial score (nSPS) is 19.9. The zero-order valence-electron chi connectivity index (χ0n) is 22.1. The summed E-state index contributed by atoms with van der Waals surface area (Å²) in [6.07, 6.45) is 0.558. The zero-order chi connectivity index (χ0) is 25.7. The van der Waals surface area contributed by atoms with Crippen LogP contribution in [-0.2, 0) is 4.43 Å². The molecule has 0 saturated carbocycles. The third kappa shape index (κ3) is 4.04. The minimum absolute atomic E-state index is 0.0192. The topological polar surface area (TPSA) is 51.1 Å². The molecular formula is C28H37ClN2O3Si. The minimum Gasteiger partial charge on any atom is -0.497 e. The number of fused-ring (bicyclic) bond motifs is 2. The van der Waals surface area contributed by atoms with Gasteiger partial charge in [0.25, 0.3) is 0 Å². The summed E-state index contributed by atoms with van der Waals surface area (Å²) in [5.74, 6) is 1.47. The van der Waals surface area contributed by atoms with Crippen LogP contribution in [0.15, 0.2) is 41.4 Å². The van der Waals surface area contributed by atoms with E-state index in [-0.39, 0.29) is 5.78 Å². The molecule has 0 aromatic heterocycles. The Hall–Kier alpha value is -2.15. The van der Waals surface area contributed by atoms with E-state index in [1.807, 2.05) is 37.3 Å². The first-order valence-electron chi connectivity index (χ1n) is 12.5. The Labute approximate surface area is 215 Å². The van der Waals surface area contributed by atoms with Crippen LogP contribution in [0, 0.1) is 6.92 Å². The average Bonchev–Trinajstić information content (AvgIpc) is 3.17. The third-order valence-electron chi connectivity index (χ3n) is 7.86. The van der Waals surface area contributed by atoms with Crippen LogP contribution in [0.3, 0.4) is 0 Å². The van der Waals surface area contributed by atoms with Crippen molar-refractivity contribution in [3.8, 4) is 5.75 Å². The first kappa shape index (κ1) is 25.9. The number of carbonyl (C=O) groups is 1. The molecule has 35 heavy (non-hydrogen) atoms. The van der Waals surface area contributed by atoms with E-state index in [9.17, 15) is 4.79 Å². The first-order valence-corrected chi connectivity index (χ1v) is 15.1. The van der Waals surface area contributed by atoms with E-state index in [2.05, 4.69) is 46.4 Å². The van der Waals surface area contributed by atoms with Crippen molar-refractivity contribution in [2.24, 2.45) is 4.99 Å². The van der Waals surface area contributed by atoms with Gasteiger partial charge in [-0.25, -0.2) is 4.99 Å². The summed E-state index contributed by atoms with van der Waals surface area (Å²) >= 11 is 6.48. The number of hydrogen-bond acceptors (Lipinski definition) is 5. The Morgan fingerprint density at radius 1 is 1.03 bits per heavy atom. The van der Waals surface area contributed by atoms with E-state index in [4.69, 9.17) is 25.8 Å². The van der Waals surface area contributed by atoms with E-state index in [1.54, 1.807) is 13.2 Å². The number of rotatable bonds is 7. The minimum atomic E-state index is -2.42. The molecule has 2 aliphatic heterocycles. The number of halogens is 1. The van der Waals surface area contributed by atoms with E-state index in [0.717, 1.165) is 17.0 Å². The number of nitrogens with zero attached hydrogens (tertiary/aromatic N) is 2. The van der Waals surface area contributed by atoms with Gasteiger partial charge in [-0.3, -0.25) is 4.79 Å². The molecule has 1 atom stereocenters. The number of ether oxygens (including phenoxy) is 1. The van der Waals surface area contributed by atoms with Gasteiger partial charge in [-0.1, -0.05) is 53.1 Å². The molecule has 0 bridgehead atoms. The molecule has 2 aromatic carbocycles. The highest BCUT2D eigenvalue weighted by molar-refractivity contribution is 6.78. The van der Waals surface area contributed by atoms with Gasteiger partial charge in [0.05, 0.1) is 12.8 Å². The maximum absolute atomic E-state index is 14.4. The maximum atomic E-state index is 14.4. The molecule has 4 rings (SSSR count). The van der Waals surface area contributed by atoms with Crippen LogP contribution in [0.5, 0.6) is 5.75 Å². The van der Waals surface area contributed by atoms with Gasteiger partial charge in [0.2, 0.25) is 14.1 Å². The molecule has 7 heteroatoms. The fourth-order valence-electron chi connectivity index (χ4n) is 6.15. The fourth-order valence-corrected chi connectivity index (χ4v) is 11.9. The highest BCUT2D eigenvalue weighted by Gasteiger charge is 2.60. The smallest absolute Gasteiger partial charge is 0.203 e. The lowest BCUT2D eigenvalue weighted by Gasteiger charge is -2.48. The quantitative estimate of drug-likeness (QED) is 0.356. The molecule has 0 unspecified atom stereocenters. The number of aryl methyl sites for hydroxylation is 1. The molecule has 1 saturated heterocycles. The molecule has 1 fully saturated rings. The molecular weight excluding hydrogens is 476 g/mol. The Kier molecular flexibility index (Phi) is 6.95. The second-order valence-corrected chi connectivity index (χ2v) is 16.5. The molecule has 188 valence electrons. The fraction of sp³-hybridized carbons (Fsp3) is 0.500. The molecule has 5 nitrogen and oxygen atoms in total. The van der Waals surface area contributed by atoms with Crippen LogP contribution in [0.1, 0.15) is 63.9 Å². The van der Waals surface area contributed by atoms with Crippen molar-refractivity contribution in [3.05, 3.63) is 52.5 Å². The Bertz CT molecular complexity index is 1140. The van der Waals surface area contributed by atoms with Crippen LogP contribution in [-0.4, -0.2) is 39.2 Å². The van der Waals surface area contributed by atoms with Gasteiger partial charge >= 0.3 is 0 Å². The van der Waals surface area contributed by atoms with Crippen molar-refractivity contribution in [2.75, 3.05) is 18.6 Å². The largest absolute Gasteiger partial charge is 0.497 e. The maximum Gasteiger partial charge on any atom is 0.203 e. The lowest BCUT2D eigenvalue weighted by atomic mass is 9.87. The summed E-state index contributed by atoms with van der Waals surface area (Å²) in [5.41, 5.74) is 2.99. The molecule has 0 radical (unpaired) electrons. The second kappa shape index (κ2) is 9.38. The molecule has 2 aromatic rings. The molecule has 0 amide bonds. The van der Waals surface area contributed by atoms with Crippen molar-refractivity contribution < 1.29 is 14.0 Å². The second-order valence-electron chi connectivity index (χ2n) is 10.7. The summed E-state index contributed by atoms with van der Waals surface area (Å²) in [7, 11) is -0.766. The van der Waals surface area contributed by atoms with E-state index >= 15 is 0 Å². The number of ketones is 1. The standard InChI is InChI=1S/C28H37ClN2O3Si/c1-17(2)35(18(3)4,19(5)6)34-28-13-14-31(21-9-11-22(33-8)12-10-21)27(28)30-25-15-20(7)24(29)16-23(25)26(28)32/h9-12,15-19H,13-14H2,1-8H3/t28-/m1/s1. The summed E-state index contributed by atoms with van der Waals surface area (Å²) in [5, 5.41) is 0.580.